The standard InChI is InChI=1S/C14H13N5O3S/c1-7-16-13(19-18-7)10(15-2)6-12(20)22-8-3-4-9-11(5-8)23-14(21)17-9/h3-5,10H,2,6H2,1H3,(H,17,21)(H,16,18,19)/t10-/m0/s1. The number of H-pyrrole nitrogens is 1. The summed E-state index contributed by atoms with van der Waals surface area (Å²) in [5, 5.41) is 17.1. The van der Waals surface area contributed by atoms with Crippen molar-refractivity contribution in [2.45, 2.75) is 19.4 Å². The summed E-state index contributed by atoms with van der Waals surface area (Å²) in [5.74, 6) is 1.02. The van der Waals surface area contributed by atoms with Crippen LogP contribution in [0.15, 0.2) is 23.2 Å². The fraction of sp³-hybridized carbons (Fsp3) is 0.214. The largest absolute Gasteiger partial charge is 0.486 e. The van der Waals surface area contributed by atoms with E-state index >= 15 is 0 Å². The van der Waals surface area contributed by atoms with Crippen LogP contribution < -0.4 is 4.74 Å². The topological polar surface area (TPSA) is 113 Å². The van der Waals surface area contributed by atoms with E-state index in [1.807, 2.05) is 0 Å². The van der Waals surface area contributed by atoms with E-state index in [-0.39, 0.29) is 11.6 Å². The summed E-state index contributed by atoms with van der Waals surface area (Å²) in [6, 6.07) is 4.41. The number of carbonyl (C=O) groups excluding carboxylic acids is 1. The zero-order valence-corrected chi connectivity index (χ0v) is 13.0. The average molecular weight is 331 g/mol. The normalized spacial score (nSPS) is 12.2. The van der Waals surface area contributed by atoms with Crippen molar-refractivity contribution in [3.8, 4) is 10.9 Å². The number of nitrogens with zero attached hydrogens (tertiary/aromatic N) is 4. The van der Waals surface area contributed by atoms with Crippen molar-refractivity contribution in [2.75, 3.05) is 0 Å². The van der Waals surface area contributed by atoms with Crippen molar-refractivity contribution in [3.05, 3.63) is 29.8 Å². The number of hydrogen-bond acceptors (Lipinski definition) is 8. The maximum absolute atomic E-state index is 12.1. The number of aromatic nitrogens is 4. The number of ether oxygens (including phenoxy) is 1. The Morgan fingerprint density at radius 2 is 2.35 bits per heavy atom. The highest BCUT2D eigenvalue weighted by atomic mass is 32.1. The zero-order chi connectivity index (χ0) is 16.4. The Balaban J connectivity index is 1.70. The lowest BCUT2D eigenvalue weighted by atomic mass is 10.2. The van der Waals surface area contributed by atoms with Gasteiger partial charge in [-0.25, -0.2) is 4.98 Å². The first-order valence-electron chi connectivity index (χ1n) is 6.70. The molecule has 0 unspecified atom stereocenters. The molecule has 1 aromatic carbocycles. The summed E-state index contributed by atoms with van der Waals surface area (Å²) in [7, 11) is 0. The van der Waals surface area contributed by atoms with Crippen LogP contribution in [0.5, 0.6) is 10.9 Å². The Labute approximate surface area is 134 Å². The Bertz CT molecular complexity index is 872. The van der Waals surface area contributed by atoms with E-state index in [9.17, 15) is 9.90 Å². The first-order valence-corrected chi connectivity index (χ1v) is 7.52. The number of esters is 1. The smallest absolute Gasteiger partial charge is 0.313 e. The van der Waals surface area contributed by atoms with Crippen molar-refractivity contribution in [1.82, 2.24) is 20.2 Å². The number of aliphatic imine (C=N–C) groups is 1. The molecule has 0 spiro atoms. The van der Waals surface area contributed by atoms with Gasteiger partial charge in [0.1, 0.15) is 17.6 Å². The van der Waals surface area contributed by atoms with Crippen LogP contribution in [-0.2, 0) is 4.79 Å². The van der Waals surface area contributed by atoms with Crippen LogP contribution >= 0.6 is 11.3 Å². The molecule has 0 aliphatic carbocycles. The van der Waals surface area contributed by atoms with Crippen LogP contribution in [0.2, 0.25) is 0 Å². The predicted octanol–water partition coefficient (Wildman–Crippen LogP) is 2.17. The molecule has 3 aromatic rings. The first kappa shape index (κ1) is 15.1. The summed E-state index contributed by atoms with van der Waals surface area (Å²) in [4.78, 5) is 22.8. The highest BCUT2D eigenvalue weighted by Crippen LogP contribution is 2.30. The number of thiazole rings is 1. The molecule has 0 saturated carbocycles. The SMILES string of the molecule is C=N[C@@H](CC(=O)Oc1ccc2nc(O)sc2c1)c1nnc(C)[nH]1. The Morgan fingerprint density at radius 3 is 3.04 bits per heavy atom. The minimum Gasteiger partial charge on any atom is -0.486 e. The number of hydrogen-bond donors (Lipinski definition) is 2. The van der Waals surface area contributed by atoms with Crippen molar-refractivity contribution in [2.24, 2.45) is 4.99 Å². The number of fused-ring (bicyclic) bond motifs is 1. The van der Waals surface area contributed by atoms with Crippen LogP contribution in [-0.4, -0.2) is 38.0 Å². The van der Waals surface area contributed by atoms with Crippen LogP contribution in [0, 0.1) is 6.92 Å². The van der Waals surface area contributed by atoms with Crippen LogP contribution in [0.3, 0.4) is 0 Å². The molecule has 0 saturated heterocycles. The van der Waals surface area contributed by atoms with Gasteiger partial charge in [0, 0.05) is 6.07 Å². The molecule has 0 amide bonds. The van der Waals surface area contributed by atoms with Gasteiger partial charge in [-0.1, -0.05) is 11.3 Å². The third-order valence-electron chi connectivity index (χ3n) is 3.09. The van der Waals surface area contributed by atoms with Gasteiger partial charge in [-0.15, -0.1) is 10.2 Å². The number of rotatable bonds is 5. The number of aromatic amines is 1. The maximum atomic E-state index is 12.1. The number of carbonyl (C=O) groups is 1. The van der Waals surface area contributed by atoms with Gasteiger partial charge in [0.2, 0.25) is 0 Å². The molecule has 0 radical (unpaired) electrons. The van der Waals surface area contributed by atoms with Gasteiger partial charge >= 0.3 is 5.97 Å². The molecular formula is C14H13N5O3S. The van der Waals surface area contributed by atoms with Gasteiger partial charge in [-0.05, 0) is 25.8 Å². The predicted molar refractivity (Wildman–Crippen MR) is 84.9 cm³/mol. The summed E-state index contributed by atoms with van der Waals surface area (Å²) in [6.45, 7) is 5.23. The Hall–Kier alpha value is -2.81. The van der Waals surface area contributed by atoms with Gasteiger partial charge in [0.05, 0.1) is 16.6 Å². The van der Waals surface area contributed by atoms with Crippen LogP contribution in [0.1, 0.15) is 24.1 Å². The van der Waals surface area contributed by atoms with Crippen molar-refractivity contribution in [1.29, 1.82) is 0 Å². The van der Waals surface area contributed by atoms with Crippen molar-refractivity contribution in [3.63, 3.8) is 0 Å². The van der Waals surface area contributed by atoms with Crippen molar-refractivity contribution >= 4 is 34.2 Å². The molecule has 0 aliphatic heterocycles. The summed E-state index contributed by atoms with van der Waals surface area (Å²) < 4.78 is 6.03. The molecule has 1 atom stereocenters. The van der Waals surface area contributed by atoms with Crippen molar-refractivity contribution < 1.29 is 14.6 Å². The van der Waals surface area contributed by atoms with Gasteiger partial charge < -0.3 is 14.8 Å². The Morgan fingerprint density at radius 1 is 1.52 bits per heavy atom. The van der Waals surface area contributed by atoms with Gasteiger partial charge in [0.15, 0.2) is 5.82 Å². The highest BCUT2D eigenvalue weighted by molar-refractivity contribution is 7.20. The average Bonchev–Trinajstić information content (AvgIpc) is 3.09. The fourth-order valence-electron chi connectivity index (χ4n) is 2.05. The van der Waals surface area contributed by atoms with Gasteiger partial charge in [-0.2, -0.15) is 0 Å². The number of nitrogens with one attached hydrogen (secondary N) is 1. The van der Waals surface area contributed by atoms with Crippen LogP contribution in [0.4, 0.5) is 0 Å². The van der Waals surface area contributed by atoms with Gasteiger partial charge in [0.25, 0.3) is 5.19 Å². The number of aryl methyl sites for hydroxylation is 1. The highest BCUT2D eigenvalue weighted by Gasteiger charge is 2.19. The van der Waals surface area contributed by atoms with Crippen LogP contribution in [0.25, 0.3) is 10.2 Å². The second-order valence-corrected chi connectivity index (χ2v) is 5.81. The van der Waals surface area contributed by atoms with E-state index in [0.717, 1.165) is 16.0 Å². The lowest BCUT2D eigenvalue weighted by Gasteiger charge is -2.08. The molecule has 9 heteroatoms. The maximum Gasteiger partial charge on any atom is 0.313 e. The fourth-order valence-corrected chi connectivity index (χ4v) is 2.78. The molecule has 0 aliphatic rings. The van der Waals surface area contributed by atoms with E-state index in [0.29, 0.717) is 22.9 Å². The number of benzene rings is 1. The molecule has 0 bridgehead atoms. The molecule has 118 valence electrons. The monoisotopic (exact) mass is 331 g/mol. The second kappa shape index (κ2) is 6.13. The third-order valence-corrected chi connectivity index (χ3v) is 3.91. The summed E-state index contributed by atoms with van der Waals surface area (Å²) in [5.41, 5.74) is 0.648. The molecule has 2 N–H and O–H groups in total. The van der Waals surface area contributed by atoms with E-state index in [4.69, 9.17) is 4.74 Å². The molecule has 0 fully saturated rings. The minimum absolute atomic E-state index is 0.00981. The molecule has 3 rings (SSSR count). The number of aromatic hydroxyl groups is 1. The molecule has 2 heterocycles. The lowest BCUT2D eigenvalue weighted by Crippen LogP contribution is -2.13. The van der Waals surface area contributed by atoms with E-state index in [1.165, 1.54) is 0 Å². The first-order chi connectivity index (χ1) is 11.0. The van der Waals surface area contributed by atoms with E-state index in [1.54, 1.807) is 25.1 Å². The quantitative estimate of drug-likeness (QED) is 0.421. The summed E-state index contributed by atoms with van der Waals surface area (Å²) in [6.07, 6.45) is -0.00981. The summed E-state index contributed by atoms with van der Waals surface area (Å²) >= 11 is 1.11. The molecule has 8 nitrogen and oxygen atoms in total. The molecule has 2 aromatic heterocycles. The Kier molecular flexibility index (Phi) is 4.02. The molecular weight excluding hydrogens is 318 g/mol. The minimum atomic E-state index is -0.542. The van der Waals surface area contributed by atoms with E-state index in [2.05, 4.69) is 31.9 Å². The third kappa shape index (κ3) is 3.34. The zero-order valence-electron chi connectivity index (χ0n) is 12.2. The lowest BCUT2D eigenvalue weighted by molar-refractivity contribution is -0.134. The second-order valence-electron chi connectivity index (χ2n) is 4.80. The van der Waals surface area contributed by atoms with Gasteiger partial charge in [-0.3, -0.25) is 9.79 Å². The molecule has 23 heavy (non-hydrogen) atoms. The van der Waals surface area contributed by atoms with E-state index < -0.39 is 12.0 Å².